The molecule has 3 heteroatoms. The Morgan fingerprint density at radius 3 is 2.75 bits per heavy atom. The molecule has 0 aromatic carbocycles. The maximum Gasteiger partial charge on any atom is 0.108 e. The molecule has 0 spiro atoms. The maximum absolute atomic E-state index is 9.05. The lowest BCUT2D eigenvalue weighted by Crippen LogP contribution is -2.39. The Bertz CT molecular complexity index is 232. The molecule has 16 heavy (non-hydrogen) atoms. The van der Waals surface area contributed by atoms with Gasteiger partial charge in [-0.05, 0) is 37.8 Å². The van der Waals surface area contributed by atoms with Gasteiger partial charge in [-0.1, -0.05) is 20.8 Å². The van der Waals surface area contributed by atoms with Gasteiger partial charge in [-0.3, -0.25) is 0 Å². The molecule has 3 nitrogen and oxygen atoms in total. The highest BCUT2D eigenvalue weighted by Gasteiger charge is 2.26. The van der Waals surface area contributed by atoms with Crippen molar-refractivity contribution in [1.82, 2.24) is 10.2 Å². The lowest BCUT2D eigenvalue weighted by atomic mass is 9.95. The van der Waals surface area contributed by atoms with Gasteiger partial charge in [-0.25, -0.2) is 0 Å². The second kappa shape index (κ2) is 6.88. The average Bonchev–Trinajstić information content (AvgIpc) is 2.72. The van der Waals surface area contributed by atoms with Crippen LogP contribution in [0.15, 0.2) is 0 Å². The fraction of sp³-hybridized carbons (Fsp3) is 0.923. The van der Waals surface area contributed by atoms with Crippen molar-refractivity contribution in [3.63, 3.8) is 0 Å². The predicted octanol–water partition coefficient (Wildman–Crippen LogP) is 1.86. The Morgan fingerprint density at radius 2 is 2.25 bits per heavy atom. The third kappa shape index (κ3) is 4.11. The van der Waals surface area contributed by atoms with Crippen molar-refractivity contribution >= 4 is 0 Å². The third-order valence-electron chi connectivity index (χ3n) is 3.49. The summed E-state index contributed by atoms with van der Waals surface area (Å²) in [4.78, 5) is 2.43. The molecular weight excluding hydrogens is 198 g/mol. The molecule has 0 aromatic heterocycles. The first-order valence-electron chi connectivity index (χ1n) is 6.52. The van der Waals surface area contributed by atoms with Crippen molar-refractivity contribution in [3.05, 3.63) is 0 Å². The van der Waals surface area contributed by atoms with E-state index in [1.54, 1.807) is 0 Å². The molecule has 1 heterocycles. The highest BCUT2D eigenvalue weighted by molar-refractivity contribution is 4.93. The zero-order valence-electron chi connectivity index (χ0n) is 10.9. The van der Waals surface area contributed by atoms with Gasteiger partial charge in [0.05, 0.1) is 6.07 Å². The monoisotopic (exact) mass is 223 g/mol. The van der Waals surface area contributed by atoms with E-state index in [-0.39, 0.29) is 6.04 Å². The van der Waals surface area contributed by atoms with Crippen molar-refractivity contribution in [1.29, 1.82) is 5.26 Å². The minimum Gasteiger partial charge on any atom is -0.301 e. The van der Waals surface area contributed by atoms with Crippen molar-refractivity contribution < 1.29 is 0 Å². The van der Waals surface area contributed by atoms with Crippen LogP contribution in [-0.2, 0) is 0 Å². The zero-order valence-corrected chi connectivity index (χ0v) is 10.9. The van der Waals surface area contributed by atoms with Crippen LogP contribution in [0, 0.1) is 23.2 Å². The van der Waals surface area contributed by atoms with E-state index >= 15 is 0 Å². The normalized spacial score (nSPS) is 23.6. The fourth-order valence-electron chi connectivity index (χ4n) is 2.30. The molecule has 1 N–H and O–H groups in total. The number of nitrogens with one attached hydrogen (secondary N) is 1. The van der Waals surface area contributed by atoms with Crippen molar-refractivity contribution in [2.75, 3.05) is 26.2 Å². The third-order valence-corrected chi connectivity index (χ3v) is 3.49. The standard InChI is InChI=1S/C13H25N3/c1-4-6-15-13(8-14)10-16-7-5-12(9-16)11(2)3/h11-13,15H,4-7,9-10H2,1-3H3. The topological polar surface area (TPSA) is 39.1 Å². The van der Waals surface area contributed by atoms with E-state index < -0.39 is 0 Å². The molecule has 0 bridgehead atoms. The quantitative estimate of drug-likeness (QED) is 0.747. The molecule has 0 aliphatic carbocycles. The first kappa shape index (κ1) is 13.5. The van der Waals surface area contributed by atoms with Gasteiger partial charge in [0.15, 0.2) is 0 Å². The van der Waals surface area contributed by atoms with Crippen LogP contribution in [0.5, 0.6) is 0 Å². The molecule has 1 aliphatic rings. The molecule has 2 unspecified atom stereocenters. The minimum atomic E-state index is 0.00543. The number of likely N-dealkylation sites (tertiary alicyclic amines) is 1. The zero-order chi connectivity index (χ0) is 12.0. The summed E-state index contributed by atoms with van der Waals surface area (Å²) in [6.07, 6.45) is 2.39. The predicted molar refractivity (Wildman–Crippen MR) is 67.1 cm³/mol. The van der Waals surface area contributed by atoms with E-state index in [2.05, 4.69) is 37.1 Å². The Morgan fingerprint density at radius 1 is 1.50 bits per heavy atom. The van der Waals surface area contributed by atoms with Crippen LogP contribution in [0.3, 0.4) is 0 Å². The number of nitrogens with zero attached hydrogens (tertiary/aromatic N) is 2. The Labute approximate surface area is 99.8 Å². The molecule has 2 atom stereocenters. The molecule has 0 aromatic rings. The second-order valence-corrected chi connectivity index (χ2v) is 5.19. The Balaban J connectivity index is 2.29. The second-order valence-electron chi connectivity index (χ2n) is 5.19. The van der Waals surface area contributed by atoms with Crippen LogP contribution in [0.1, 0.15) is 33.6 Å². The summed E-state index contributed by atoms with van der Waals surface area (Å²) in [5.74, 6) is 1.60. The lowest BCUT2D eigenvalue weighted by molar-refractivity contribution is 0.286. The van der Waals surface area contributed by atoms with Crippen LogP contribution in [0.4, 0.5) is 0 Å². The summed E-state index contributed by atoms with van der Waals surface area (Å²) in [6.45, 7) is 10.9. The van der Waals surface area contributed by atoms with Crippen LogP contribution in [0.25, 0.3) is 0 Å². The van der Waals surface area contributed by atoms with Gasteiger partial charge < -0.3 is 10.2 Å². The van der Waals surface area contributed by atoms with Gasteiger partial charge >= 0.3 is 0 Å². The molecule has 0 radical (unpaired) electrons. The van der Waals surface area contributed by atoms with E-state index in [4.69, 9.17) is 5.26 Å². The van der Waals surface area contributed by atoms with Gasteiger partial charge in [0.2, 0.25) is 0 Å². The van der Waals surface area contributed by atoms with Gasteiger partial charge in [-0.15, -0.1) is 0 Å². The summed E-state index contributed by atoms with van der Waals surface area (Å²) in [6, 6.07) is 2.36. The minimum absolute atomic E-state index is 0.00543. The van der Waals surface area contributed by atoms with E-state index in [0.29, 0.717) is 0 Å². The molecule has 1 saturated heterocycles. The first-order valence-corrected chi connectivity index (χ1v) is 6.52. The number of rotatable bonds is 6. The average molecular weight is 223 g/mol. The first-order chi connectivity index (χ1) is 7.67. The maximum atomic E-state index is 9.05. The molecule has 1 rings (SSSR count). The van der Waals surface area contributed by atoms with Crippen molar-refractivity contribution in [2.45, 2.75) is 39.7 Å². The number of hydrogen-bond acceptors (Lipinski definition) is 3. The smallest absolute Gasteiger partial charge is 0.108 e. The summed E-state index contributed by atoms with van der Waals surface area (Å²) in [7, 11) is 0. The van der Waals surface area contributed by atoms with Crippen LogP contribution >= 0.6 is 0 Å². The van der Waals surface area contributed by atoms with Gasteiger partial charge in [0.1, 0.15) is 6.04 Å². The van der Waals surface area contributed by atoms with Gasteiger partial charge in [0, 0.05) is 13.1 Å². The number of hydrogen-bond donors (Lipinski definition) is 1. The molecule has 0 amide bonds. The van der Waals surface area contributed by atoms with Crippen LogP contribution < -0.4 is 5.32 Å². The van der Waals surface area contributed by atoms with Crippen molar-refractivity contribution in [2.24, 2.45) is 11.8 Å². The largest absolute Gasteiger partial charge is 0.301 e. The molecule has 1 fully saturated rings. The summed E-state index contributed by atoms with van der Waals surface area (Å²) in [5.41, 5.74) is 0. The van der Waals surface area contributed by atoms with Crippen LogP contribution in [0.2, 0.25) is 0 Å². The molecule has 92 valence electrons. The molecule has 0 saturated carbocycles. The Kier molecular flexibility index (Phi) is 5.79. The highest BCUT2D eigenvalue weighted by Crippen LogP contribution is 2.23. The lowest BCUT2D eigenvalue weighted by Gasteiger charge is -2.21. The van der Waals surface area contributed by atoms with E-state index in [9.17, 15) is 0 Å². The summed E-state index contributed by atoms with van der Waals surface area (Å²) in [5, 5.41) is 12.3. The summed E-state index contributed by atoms with van der Waals surface area (Å²) < 4.78 is 0. The molecular formula is C13H25N3. The number of nitriles is 1. The van der Waals surface area contributed by atoms with Gasteiger partial charge in [-0.2, -0.15) is 5.26 Å². The van der Waals surface area contributed by atoms with E-state index in [1.165, 1.54) is 13.0 Å². The SMILES string of the molecule is CCCNC(C#N)CN1CCC(C(C)C)C1. The Hall–Kier alpha value is -0.590. The van der Waals surface area contributed by atoms with E-state index in [1.807, 2.05) is 0 Å². The van der Waals surface area contributed by atoms with Crippen LogP contribution in [-0.4, -0.2) is 37.1 Å². The fourth-order valence-corrected chi connectivity index (χ4v) is 2.30. The van der Waals surface area contributed by atoms with Crippen molar-refractivity contribution in [3.8, 4) is 6.07 Å². The van der Waals surface area contributed by atoms with E-state index in [0.717, 1.165) is 37.9 Å². The summed E-state index contributed by atoms with van der Waals surface area (Å²) >= 11 is 0. The van der Waals surface area contributed by atoms with Gasteiger partial charge in [0.25, 0.3) is 0 Å². The molecule has 1 aliphatic heterocycles. The highest BCUT2D eigenvalue weighted by atomic mass is 15.2.